The minimum atomic E-state index is -1.37. The summed E-state index contributed by atoms with van der Waals surface area (Å²) in [5, 5.41) is 22.0. The molecule has 7 nitrogen and oxygen atoms in total. The molecule has 0 unspecified atom stereocenters. The SMILES string of the molecule is O=C([O-])COc1ccc(/C=C(/Sc2nc3ccccc3o2)C(=O)[O-])cc1. The third-order valence-electron chi connectivity index (χ3n) is 3.21. The number of thioether (sulfide) groups is 1. The van der Waals surface area contributed by atoms with Gasteiger partial charge in [-0.25, -0.2) is 4.98 Å². The summed E-state index contributed by atoms with van der Waals surface area (Å²) in [5.74, 6) is -2.37. The van der Waals surface area contributed by atoms with Gasteiger partial charge in [-0.15, -0.1) is 0 Å². The Kier molecular flexibility index (Phi) is 5.23. The van der Waals surface area contributed by atoms with Crippen molar-refractivity contribution in [3.63, 3.8) is 0 Å². The highest BCUT2D eigenvalue weighted by molar-refractivity contribution is 8.03. The van der Waals surface area contributed by atoms with E-state index in [0.717, 1.165) is 11.8 Å². The van der Waals surface area contributed by atoms with E-state index in [9.17, 15) is 19.8 Å². The largest absolute Gasteiger partial charge is 0.546 e. The molecule has 2 aromatic carbocycles. The van der Waals surface area contributed by atoms with Crippen molar-refractivity contribution in [1.82, 2.24) is 4.98 Å². The molecule has 0 radical (unpaired) electrons. The van der Waals surface area contributed by atoms with Crippen LogP contribution in [-0.2, 0) is 9.59 Å². The first-order chi connectivity index (χ1) is 12.5. The fourth-order valence-corrected chi connectivity index (χ4v) is 2.81. The van der Waals surface area contributed by atoms with Crippen LogP contribution in [0, 0.1) is 0 Å². The molecule has 1 heterocycles. The van der Waals surface area contributed by atoms with Crippen molar-refractivity contribution in [1.29, 1.82) is 0 Å². The predicted molar refractivity (Wildman–Crippen MR) is 89.8 cm³/mol. The number of nitrogens with zero attached hydrogens (tertiary/aromatic N) is 1. The smallest absolute Gasteiger partial charge is 0.261 e. The van der Waals surface area contributed by atoms with Crippen molar-refractivity contribution in [2.24, 2.45) is 0 Å². The number of aromatic nitrogens is 1. The van der Waals surface area contributed by atoms with Gasteiger partial charge in [-0.3, -0.25) is 0 Å². The van der Waals surface area contributed by atoms with Gasteiger partial charge in [0.25, 0.3) is 5.22 Å². The summed E-state index contributed by atoms with van der Waals surface area (Å²) in [6.45, 7) is -0.562. The Morgan fingerprint density at radius 1 is 1.12 bits per heavy atom. The van der Waals surface area contributed by atoms with E-state index in [0.29, 0.717) is 22.4 Å². The average Bonchev–Trinajstić information content (AvgIpc) is 3.02. The lowest BCUT2D eigenvalue weighted by molar-refractivity contribution is -0.307. The highest BCUT2D eigenvalue weighted by atomic mass is 32.2. The van der Waals surface area contributed by atoms with Crippen molar-refractivity contribution in [3.05, 3.63) is 59.0 Å². The molecule has 0 fully saturated rings. The van der Waals surface area contributed by atoms with E-state index in [1.807, 2.05) is 0 Å². The molecule has 0 saturated carbocycles. The number of aliphatic carboxylic acids is 2. The van der Waals surface area contributed by atoms with Crippen LogP contribution in [0.2, 0.25) is 0 Å². The van der Waals surface area contributed by atoms with Crippen LogP contribution < -0.4 is 14.9 Å². The quantitative estimate of drug-likeness (QED) is 0.444. The third-order valence-corrected chi connectivity index (χ3v) is 4.06. The fourth-order valence-electron chi connectivity index (χ4n) is 2.07. The Balaban J connectivity index is 1.78. The van der Waals surface area contributed by atoms with Crippen LogP contribution in [0.3, 0.4) is 0 Å². The fraction of sp³-hybridized carbons (Fsp3) is 0.0556. The second-order valence-electron chi connectivity index (χ2n) is 5.08. The number of benzene rings is 2. The van der Waals surface area contributed by atoms with Gasteiger partial charge >= 0.3 is 0 Å². The second kappa shape index (κ2) is 7.75. The van der Waals surface area contributed by atoms with Gasteiger partial charge in [-0.2, -0.15) is 0 Å². The van der Waals surface area contributed by atoms with Crippen LogP contribution in [0.25, 0.3) is 17.2 Å². The number of para-hydroxylation sites is 2. The number of oxazole rings is 1. The van der Waals surface area contributed by atoms with E-state index in [2.05, 4.69) is 4.98 Å². The Morgan fingerprint density at radius 2 is 1.85 bits per heavy atom. The molecular formula is C18H11NO6S-2. The zero-order valence-corrected chi connectivity index (χ0v) is 14.0. The lowest BCUT2D eigenvalue weighted by atomic mass is 10.2. The van der Waals surface area contributed by atoms with Gasteiger partial charge in [0.2, 0.25) is 0 Å². The van der Waals surface area contributed by atoms with Gasteiger partial charge in [-0.05, 0) is 47.7 Å². The number of carboxylic acid groups (broad SMARTS) is 2. The van der Waals surface area contributed by atoms with Gasteiger partial charge in [0.15, 0.2) is 5.58 Å². The molecule has 0 aliphatic carbocycles. The molecule has 0 amide bonds. The average molecular weight is 369 g/mol. The van der Waals surface area contributed by atoms with E-state index >= 15 is 0 Å². The minimum Gasteiger partial charge on any atom is -0.546 e. The van der Waals surface area contributed by atoms with Crippen LogP contribution in [0.1, 0.15) is 5.56 Å². The summed E-state index contributed by atoms with van der Waals surface area (Å²) in [5.41, 5.74) is 1.75. The van der Waals surface area contributed by atoms with Crippen molar-refractivity contribution in [2.75, 3.05) is 6.61 Å². The standard InChI is InChI=1S/C18H13NO6S/c20-16(21)10-24-12-7-5-11(6-8-12)9-15(17(22)23)26-18-19-13-3-1-2-4-14(13)25-18/h1-9H,10H2,(H,20,21)(H,22,23)/p-2/b15-9+. The van der Waals surface area contributed by atoms with Crippen molar-refractivity contribution >= 4 is 40.9 Å². The number of ether oxygens (including phenoxy) is 1. The first-order valence-electron chi connectivity index (χ1n) is 7.40. The summed E-state index contributed by atoms with van der Waals surface area (Å²) in [7, 11) is 0. The lowest BCUT2D eigenvalue weighted by Gasteiger charge is -2.08. The Labute approximate surface area is 151 Å². The molecule has 3 aromatic rings. The number of hydrogen-bond donors (Lipinski definition) is 0. The van der Waals surface area contributed by atoms with Crippen LogP contribution in [0.4, 0.5) is 0 Å². The van der Waals surface area contributed by atoms with Crippen LogP contribution in [-0.4, -0.2) is 23.5 Å². The molecule has 0 N–H and O–H groups in total. The first kappa shape index (κ1) is 17.6. The summed E-state index contributed by atoms with van der Waals surface area (Å²) in [6.07, 6.45) is 1.40. The number of carbonyl (C=O) groups is 2. The topological polar surface area (TPSA) is 116 Å². The maximum Gasteiger partial charge on any atom is 0.261 e. The molecule has 3 rings (SSSR count). The first-order valence-corrected chi connectivity index (χ1v) is 8.22. The zero-order chi connectivity index (χ0) is 18.5. The molecule has 0 bridgehead atoms. The molecule has 8 heteroatoms. The lowest BCUT2D eigenvalue weighted by Crippen LogP contribution is -2.28. The number of fused-ring (bicyclic) bond motifs is 1. The number of hydrogen-bond acceptors (Lipinski definition) is 8. The second-order valence-corrected chi connectivity index (χ2v) is 6.07. The molecule has 0 aliphatic heterocycles. The molecule has 1 aromatic heterocycles. The molecule has 132 valence electrons. The van der Waals surface area contributed by atoms with Gasteiger partial charge in [0.1, 0.15) is 17.9 Å². The summed E-state index contributed by atoms with van der Waals surface area (Å²) in [4.78, 5) is 25.9. The minimum absolute atomic E-state index is 0.0834. The van der Waals surface area contributed by atoms with Gasteiger partial charge < -0.3 is 29.0 Å². The van der Waals surface area contributed by atoms with Crippen molar-refractivity contribution < 1.29 is 29.0 Å². The van der Waals surface area contributed by atoms with Crippen LogP contribution in [0.15, 0.2) is 63.1 Å². The highest BCUT2D eigenvalue weighted by Gasteiger charge is 2.10. The molecule has 0 atom stereocenters. The number of carboxylic acids is 2. The highest BCUT2D eigenvalue weighted by Crippen LogP contribution is 2.30. The van der Waals surface area contributed by atoms with Crippen LogP contribution in [0.5, 0.6) is 5.75 Å². The van der Waals surface area contributed by atoms with E-state index in [-0.39, 0.29) is 10.1 Å². The zero-order valence-electron chi connectivity index (χ0n) is 13.2. The Hall–Kier alpha value is -3.26. The summed E-state index contributed by atoms with van der Waals surface area (Å²) < 4.78 is 10.5. The van der Waals surface area contributed by atoms with Gasteiger partial charge in [-0.1, -0.05) is 24.3 Å². The Morgan fingerprint density at radius 3 is 2.50 bits per heavy atom. The normalized spacial score (nSPS) is 11.5. The maximum absolute atomic E-state index is 11.4. The Bertz CT molecular complexity index is 944. The summed E-state index contributed by atoms with van der Waals surface area (Å²) in [6, 6.07) is 13.3. The van der Waals surface area contributed by atoms with Crippen molar-refractivity contribution in [3.8, 4) is 5.75 Å². The van der Waals surface area contributed by atoms with Crippen molar-refractivity contribution in [2.45, 2.75) is 5.22 Å². The molecule has 26 heavy (non-hydrogen) atoms. The molecule has 0 spiro atoms. The van der Waals surface area contributed by atoms with Gasteiger partial charge in [0, 0.05) is 4.91 Å². The van der Waals surface area contributed by atoms with Crippen LogP contribution >= 0.6 is 11.8 Å². The predicted octanol–water partition coefficient (Wildman–Crippen LogP) is 0.840. The van der Waals surface area contributed by atoms with Gasteiger partial charge in [0.05, 0.1) is 11.9 Å². The monoisotopic (exact) mass is 369 g/mol. The van der Waals surface area contributed by atoms with E-state index < -0.39 is 18.5 Å². The molecule has 0 aliphatic rings. The molecular weight excluding hydrogens is 358 g/mol. The third kappa shape index (κ3) is 4.42. The molecule has 0 saturated heterocycles. The van der Waals surface area contributed by atoms with E-state index in [4.69, 9.17) is 9.15 Å². The summed E-state index contributed by atoms with van der Waals surface area (Å²) >= 11 is 0.840. The van der Waals surface area contributed by atoms with E-state index in [1.54, 1.807) is 36.4 Å². The maximum atomic E-state index is 11.4. The van der Waals surface area contributed by atoms with E-state index in [1.165, 1.54) is 18.2 Å². The number of carbonyl (C=O) groups excluding carboxylic acids is 2. The number of rotatable bonds is 7.